The molecule has 1 unspecified atom stereocenters. The van der Waals surface area contributed by atoms with Gasteiger partial charge in [0.1, 0.15) is 5.82 Å². The molecule has 0 radical (unpaired) electrons. The molecule has 0 bridgehead atoms. The minimum atomic E-state index is -4.53. The minimum Gasteiger partial charge on any atom is -0.309 e. The van der Waals surface area contributed by atoms with Gasteiger partial charge in [-0.1, -0.05) is 32.8 Å². The SMILES string of the molecule is CC1(C)CCCCC1NCc1ccc(F)cc1C(F)(F)F. The second kappa shape index (κ2) is 5.95. The fourth-order valence-corrected chi connectivity index (χ4v) is 3.07. The molecule has 118 valence electrons. The van der Waals surface area contributed by atoms with Crippen LogP contribution in [0.1, 0.15) is 50.7 Å². The lowest BCUT2D eigenvalue weighted by atomic mass is 9.73. The number of alkyl halides is 3. The quantitative estimate of drug-likeness (QED) is 0.783. The Balaban J connectivity index is 2.13. The maximum Gasteiger partial charge on any atom is 0.416 e. The second-order valence-corrected chi connectivity index (χ2v) is 6.47. The Hall–Kier alpha value is -1.10. The first-order chi connectivity index (χ1) is 9.70. The molecule has 1 N–H and O–H groups in total. The molecule has 0 saturated heterocycles. The molecular weight excluding hydrogens is 282 g/mol. The second-order valence-electron chi connectivity index (χ2n) is 6.47. The lowest BCUT2D eigenvalue weighted by molar-refractivity contribution is -0.138. The maximum absolute atomic E-state index is 13.1. The van der Waals surface area contributed by atoms with Gasteiger partial charge in [-0.3, -0.25) is 0 Å². The van der Waals surface area contributed by atoms with Crippen LogP contribution in [0.15, 0.2) is 18.2 Å². The number of hydrogen-bond donors (Lipinski definition) is 1. The molecule has 1 aliphatic rings. The van der Waals surface area contributed by atoms with Crippen LogP contribution in [-0.2, 0) is 12.7 Å². The highest BCUT2D eigenvalue weighted by molar-refractivity contribution is 5.30. The third-order valence-corrected chi connectivity index (χ3v) is 4.42. The Kier molecular flexibility index (Phi) is 4.61. The number of halogens is 4. The van der Waals surface area contributed by atoms with Crippen molar-refractivity contribution in [3.8, 4) is 0 Å². The standard InChI is InChI=1S/C16H21F4N/c1-15(2)8-4-3-5-14(15)21-10-11-6-7-12(17)9-13(11)16(18,19)20/h6-7,9,14,21H,3-5,8,10H2,1-2H3. The molecular formula is C16H21F4N. The van der Waals surface area contributed by atoms with Crippen LogP contribution in [0.4, 0.5) is 17.6 Å². The number of hydrogen-bond acceptors (Lipinski definition) is 1. The number of rotatable bonds is 3. The fourth-order valence-electron chi connectivity index (χ4n) is 3.07. The van der Waals surface area contributed by atoms with Crippen LogP contribution < -0.4 is 5.32 Å². The van der Waals surface area contributed by atoms with E-state index in [4.69, 9.17) is 0 Å². The molecule has 1 fully saturated rings. The predicted octanol–water partition coefficient (Wildman–Crippen LogP) is 4.90. The van der Waals surface area contributed by atoms with Gasteiger partial charge in [0.05, 0.1) is 5.56 Å². The van der Waals surface area contributed by atoms with Crippen LogP contribution in [-0.4, -0.2) is 6.04 Å². The van der Waals surface area contributed by atoms with Crippen molar-refractivity contribution in [1.82, 2.24) is 5.32 Å². The van der Waals surface area contributed by atoms with Gasteiger partial charge in [-0.2, -0.15) is 13.2 Å². The highest BCUT2D eigenvalue weighted by Gasteiger charge is 2.35. The summed E-state index contributed by atoms with van der Waals surface area (Å²) >= 11 is 0. The van der Waals surface area contributed by atoms with Gasteiger partial charge in [0.25, 0.3) is 0 Å². The molecule has 1 aromatic carbocycles. The Morgan fingerprint density at radius 3 is 2.57 bits per heavy atom. The van der Waals surface area contributed by atoms with Crippen molar-refractivity contribution in [3.05, 3.63) is 35.1 Å². The molecule has 2 rings (SSSR count). The summed E-state index contributed by atoms with van der Waals surface area (Å²) in [5, 5.41) is 3.24. The summed E-state index contributed by atoms with van der Waals surface area (Å²) in [5.41, 5.74) is -0.703. The van der Waals surface area contributed by atoms with E-state index in [9.17, 15) is 17.6 Å². The maximum atomic E-state index is 13.1. The van der Waals surface area contributed by atoms with Gasteiger partial charge >= 0.3 is 6.18 Å². The molecule has 1 saturated carbocycles. The molecule has 21 heavy (non-hydrogen) atoms. The van der Waals surface area contributed by atoms with E-state index in [0.29, 0.717) is 6.07 Å². The van der Waals surface area contributed by atoms with Crippen LogP contribution in [0.3, 0.4) is 0 Å². The molecule has 1 aliphatic carbocycles. The first-order valence-electron chi connectivity index (χ1n) is 7.29. The van der Waals surface area contributed by atoms with Crippen LogP contribution in [0, 0.1) is 11.2 Å². The van der Waals surface area contributed by atoms with Gasteiger partial charge in [-0.05, 0) is 36.0 Å². The summed E-state index contributed by atoms with van der Waals surface area (Å²) < 4.78 is 51.9. The molecule has 0 heterocycles. The van der Waals surface area contributed by atoms with Gasteiger partial charge in [0.2, 0.25) is 0 Å². The van der Waals surface area contributed by atoms with E-state index in [2.05, 4.69) is 19.2 Å². The van der Waals surface area contributed by atoms with Crippen molar-refractivity contribution < 1.29 is 17.6 Å². The molecule has 0 aliphatic heterocycles. The van der Waals surface area contributed by atoms with E-state index in [1.54, 1.807) is 0 Å². The summed E-state index contributed by atoms with van der Waals surface area (Å²) in [6.45, 7) is 4.39. The summed E-state index contributed by atoms with van der Waals surface area (Å²) in [6, 6.07) is 3.07. The summed E-state index contributed by atoms with van der Waals surface area (Å²) in [7, 11) is 0. The van der Waals surface area contributed by atoms with Crippen LogP contribution in [0.2, 0.25) is 0 Å². The van der Waals surface area contributed by atoms with E-state index in [1.807, 2.05) is 0 Å². The summed E-state index contributed by atoms with van der Waals surface area (Å²) in [6.07, 6.45) is -0.233. The van der Waals surface area contributed by atoms with Crippen LogP contribution in [0.25, 0.3) is 0 Å². The average molecular weight is 303 g/mol. The van der Waals surface area contributed by atoms with E-state index >= 15 is 0 Å². The van der Waals surface area contributed by atoms with Crippen molar-refractivity contribution in [2.75, 3.05) is 0 Å². The van der Waals surface area contributed by atoms with Crippen LogP contribution >= 0.6 is 0 Å². The van der Waals surface area contributed by atoms with Gasteiger partial charge in [-0.15, -0.1) is 0 Å². The largest absolute Gasteiger partial charge is 0.416 e. The zero-order valence-corrected chi connectivity index (χ0v) is 12.4. The number of nitrogens with one attached hydrogen (secondary N) is 1. The van der Waals surface area contributed by atoms with Gasteiger partial charge in [0, 0.05) is 12.6 Å². The molecule has 1 nitrogen and oxygen atoms in total. The lowest BCUT2D eigenvalue weighted by Crippen LogP contribution is -2.43. The monoisotopic (exact) mass is 303 g/mol. The van der Waals surface area contributed by atoms with Crippen molar-refractivity contribution >= 4 is 0 Å². The normalized spacial score (nSPS) is 22.3. The van der Waals surface area contributed by atoms with Crippen molar-refractivity contribution in [2.45, 2.75) is 58.3 Å². The highest BCUT2D eigenvalue weighted by Crippen LogP contribution is 2.36. The summed E-state index contributed by atoms with van der Waals surface area (Å²) in [5.74, 6) is -0.857. The average Bonchev–Trinajstić information content (AvgIpc) is 2.37. The van der Waals surface area contributed by atoms with E-state index in [1.165, 1.54) is 6.07 Å². The van der Waals surface area contributed by atoms with Gasteiger partial charge < -0.3 is 5.32 Å². The zero-order valence-electron chi connectivity index (χ0n) is 12.4. The first kappa shape index (κ1) is 16.3. The van der Waals surface area contributed by atoms with E-state index in [0.717, 1.165) is 31.7 Å². The topological polar surface area (TPSA) is 12.0 Å². The van der Waals surface area contributed by atoms with Gasteiger partial charge in [-0.25, -0.2) is 4.39 Å². The molecule has 0 amide bonds. The highest BCUT2D eigenvalue weighted by atomic mass is 19.4. The Morgan fingerprint density at radius 2 is 1.95 bits per heavy atom. The van der Waals surface area contributed by atoms with Crippen LogP contribution in [0.5, 0.6) is 0 Å². The molecule has 1 atom stereocenters. The zero-order chi connectivity index (χ0) is 15.7. The third kappa shape index (κ3) is 3.96. The smallest absolute Gasteiger partial charge is 0.309 e. The Morgan fingerprint density at radius 1 is 1.24 bits per heavy atom. The minimum absolute atomic E-state index is 0.0800. The number of benzene rings is 1. The first-order valence-corrected chi connectivity index (χ1v) is 7.29. The van der Waals surface area contributed by atoms with Gasteiger partial charge in [0.15, 0.2) is 0 Å². The Labute approximate surface area is 122 Å². The molecule has 0 aromatic heterocycles. The Bertz CT molecular complexity index is 494. The third-order valence-electron chi connectivity index (χ3n) is 4.42. The van der Waals surface area contributed by atoms with Crippen molar-refractivity contribution in [3.63, 3.8) is 0 Å². The molecule has 1 aromatic rings. The fraction of sp³-hybridized carbons (Fsp3) is 0.625. The van der Waals surface area contributed by atoms with Crippen molar-refractivity contribution in [1.29, 1.82) is 0 Å². The predicted molar refractivity (Wildman–Crippen MR) is 74.3 cm³/mol. The lowest BCUT2D eigenvalue weighted by Gasteiger charge is -2.39. The van der Waals surface area contributed by atoms with E-state index in [-0.39, 0.29) is 23.6 Å². The summed E-state index contributed by atoms with van der Waals surface area (Å²) in [4.78, 5) is 0. The molecule has 5 heteroatoms. The molecule has 0 spiro atoms. The van der Waals surface area contributed by atoms with Crippen molar-refractivity contribution in [2.24, 2.45) is 5.41 Å². The van der Waals surface area contributed by atoms with E-state index < -0.39 is 17.6 Å².